The van der Waals surface area contributed by atoms with Crippen LogP contribution in [0.5, 0.6) is 0 Å². The molecular formula is C23H20N6O5S2. The first kappa shape index (κ1) is 24.8. The smallest absolute Gasteiger partial charge is 0.255 e. The molecule has 11 nitrogen and oxygen atoms in total. The lowest BCUT2D eigenvalue weighted by Gasteiger charge is -2.06. The fraction of sp³-hybridized carbons (Fsp3) is 0.0870. The van der Waals surface area contributed by atoms with E-state index in [1.165, 1.54) is 29.8 Å². The number of pyridine rings is 1. The lowest BCUT2D eigenvalue weighted by molar-refractivity contribution is -0.115. The largest absolute Gasteiger partial charge is 0.343 e. The van der Waals surface area contributed by atoms with Crippen LogP contribution in [0.3, 0.4) is 0 Å². The molecule has 0 unspecified atom stereocenters. The van der Waals surface area contributed by atoms with Gasteiger partial charge in [0.05, 0.1) is 24.1 Å². The van der Waals surface area contributed by atoms with Crippen LogP contribution in [0.25, 0.3) is 11.3 Å². The third kappa shape index (κ3) is 6.20. The Kier molecular flexibility index (Phi) is 7.22. The second-order valence-corrected chi connectivity index (χ2v) is 10.3. The lowest BCUT2D eigenvalue weighted by atomic mass is 10.1. The Morgan fingerprint density at radius 2 is 1.78 bits per heavy atom. The molecule has 13 heteroatoms. The molecule has 0 aliphatic carbocycles. The molecule has 4 aromatic rings. The highest BCUT2D eigenvalue weighted by Crippen LogP contribution is 2.26. The Morgan fingerprint density at radius 1 is 1.00 bits per heavy atom. The summed E-state index contributed by atoms with van der Waals surface area (Å²) in [6, 6.07) is 11.6. The van der Waals surface area contributed by atoms with E-state index in [9.17, 15) is 22.8 Å². The maximum absolute atomic E-state index is 12.6. The summed E-state index contributed by atoms with van der Waals surface area (Å²) < 4.78 is 23.9. The normalized spacial score (nSPS) is 11.0. The van der Waals surface area contributed by atoms with Crippen LogP contribution in [-0.4, -0.2) is 52.9 Å². The van der Waals surface area contributed by atoms with Gasteiger partial charge in [0.1, 0.15) is 0 Å². The van der Waals surface area contributed by atoms with Gasteiger partial charge in [-0.2, -0.15) is 0 Å². The molecule has 1 aromatic carbocycles. The summed E-state index contributed by atoms with van der Waals surface area (Å²) >= 11 is 1.19. The van der Waals surface area contributed by atoms with E-state index >= 15 is 0 Å². The van der Waals surface area contributed by atoms with Crippen molar-refractivity contribution < 1.29 is 22.8 Å². The number of carbonyl (C=O) groups excluding carboxylic acids is 3. The summed E-state index contributed by atoms with van der Waals surface area (Å²) in [6.07, 6.45) is 6.59. The monoisotopic (exact) mass is 524 g/mol. The van der Waals surface area contributed by atoms with Gasteiger partial charge in [0, 0.05) is 47.0 Å². The van der Waals surface area contributed by atoms with Gasteiger partial charge in [-0.3, -0.25) is 23.3 Å². The van der Waals surface area contributed by atoms with Crippen LogP contribution in [0.15, 0.2) is 72.6 Å². The highest BCUT2D eigenvalue weighted by atomic mass is 32.2. The molecule has 184 valence electrons. The van der Waals surface area contributed by atoms with Gasteiger partial charge in [-0.1, -0.05) is 12.1 Å². The summed E-state index contributed by atoms with van der Waals surface area (Å²) in [5.74, 6) is -1.37. The molecule has 4 rings (SSSR count). The number of anilines is 2. The average Bonchev–Trinajstić information content (AvgIpc) is 3.54. The van der Waals surface area contributed by atoms with Crippen molar-refractivity contribution in [2.75, 3.05) is 23.4 Å². The van der Waals surface area contributed by atoms with Gasteiger partial charge in [-0.05, 0) is 30.3 Å². The van der Waals surface area contributed by atoms with Gasteiger partial charge in [0.15, 0.2) is 5.13 Å². The Balaban J connectivity index is 1.34. The molecule has 36 heavy (non-hydrogen) atoms. The third-order valence-corrected chi connectivity index (χ3v) is 6.58. The summed E-state index contributed by atoms with van der Waals surface area (Å²) in [7, 11) is -3.50. The summed E-state index contributed by atoms with van der Waals surface area (Å²) in [6.45, 7) is -0.331. The Labute approximate surface area is 210 Å². The maximum Gasteiger partial charge on any atom is 0.255 e. The SMILES string of the molecule is CS(=O)(=O)n1ccc(C(=O)NCC(=O)Nc2nc(-c3cccc(C(=O)Nc4ccncc4)c3)cs2)c1. The molecule has 3 N–H and O–H groups in total. The van der Waals surface area contributed by atoms with Crippen molar-refractivity contribution >= 4 is 49.9 Å². The summed E-state index contributed by atoms with van der Waals surface area (Å²) in [5, 5.41) is 9.89. The summed E-state index contributed by atoms with van der Waals surface area (Å²) in [5.41, 5.74) is 2.44. The van der Waals surface area contributed by atoms with Crippen LogP contribution in [0, 0.1) is 0 Å². The van der Waals surface area contributed by atoms with Gasteiger partial charge in [0.25, 0.3) is 11.8 Å². The van der Waals surface area contributed by atoms with Crippen molar-refractivity contribution in [2.24, 2.45) is 0 Å². The van der Waals surface area contributed by atoms with Crippen LogP contribution < -0.4 is 16.0 Å². The number of rotatable bonds is 8. The first-order chi connectivity index (χ1) is 17.2. The minimum Gasteiger partial charge on any atom is -0.343 e. The minimum atomic E-state index is -3.50. The fourth-order valence-electron chi connectivity index (χ4n) is 3.07. The van der Waals surface area contributed by atoms with E-state index in [4.69, 9.17) is 0 Å². The predicted molar refractivity (Wildman–Crippen MR) is 135 cm³/mol. The van der Waals surface area contributed by atoms with Crippen LogP contribution >= 0.6 is 11.3 Å². The zero-order valence-electron chi connectivity index (χ0n) is 18.8. The molecular weight excluding hydrogens is 504 g/mol. The quantitative estimate of drug-likeness (QED) is 0.320. The van der Waals surface area contributed by atoms with Crippen LogP contribution in [-0.2, 0) is 14.8 Å². The summed E-state index contributed by atoms with van der Waals surface area (Å²) in [4.78, 5) is 45.3. The second-order valence-electron chi connectivity index (χ2n) is 7.53. The predicted octanol–water partition coefficient (Wildman–Crippen LogP) is 2.44. The third-order valence-electron chi connectivity index (χ3n) is 4.83. The Morgan fingerprint density at radius 3 is 2.50 bits per heavy atom. The second kappa shape index (κ2) is 10.5. The van der Waals surface area contributed by atoms with Crippen molar-refractivity contribution in [1.82, 2.24) is 19.3 Å². The molecule has 3 amide bonds. The number of amides is 3. The first-order valence-corrected chi connectivity index (χ1v) is 13.2. The van der Waals surface area contributed by atoms with Crippen molar-refractivity contribution in [3.8, 4) is 11.3 Å². The fourth-order valence-corrected chi connectivity index (χ4v) is 4.39. The average molecular weight is 525 g/mol. The molecule has 0 bridgehead atoms. The first-order valence-electron chi connectivity index (χ1n) is 10.4. The van der Waals surface area contributed by atoms with Crippen molar-refractivity contribution in [1.29, 1.82) is 0 Å². The Bertz CT molecular complexity index is 1530. The van der Waals surface area contributed by atoms with E-state index < -0.39 is 21.8 Å². The van der Waals surface area contributed by atoms with E-state index in [-0.39, 0.29) is 18.0 Å². The number of thiazole rings is 1. The van der Waals surface area contributed by atoms with E-state index in [1.807, 2.05) is 0 Å². The van der Waals surface area contributed by atoms with Crippen LogP contribution in [0.4, 0.5) is 10.8 Å². The number of carbonyl (C=O) groups is 3. The van der Waals surface area contributed by atoms with Gasteiger partial charge in [-0.15, -0.1) is 11.3 Å². The minimum absolute atomic E-state index is 0.109. The topological polar surface area (TPSA) is 152 Å². The Hall–Kier alpha value is -4.36. The highest BCUT2D eigenvalue weighted by molar-refractivity contribution is 7.89. The molecule has 0 saturated carbocycles. The number of benzene rings is 1. The van der Waals surface area contributed by atoms with Gasteiger partial charge < -0.3 is 16.0 Å². The molecule has 3 aromatic heterocycles. The molecule has 0 fully saturated rings. The number of hydrogen-bond acceptors (Lipinski definition) is 8. The molecule has 0 saturated heterocycles. The molecule has 0 atom stereocenters. The zero-order valence-corrected chi connectivity index (χ0v) is 20.5. The van der Waals surface area contributed by atoms with Gasteiger partial charge in [0.2, 0.25) is 15.9 Å². The van der Waals surface area contributed by atoms with Crippen LogP contribution in [0.1, 0.15) is 20.7 Å². The molecule has 0 aliphatic rings. The van der Waals surface area contributed by atoms with E-state index in [1.54, 1.807) is 54.2 Å². The van der Waals surface area contributed by atoms with Crippen molar-refractivity contribution in [3.63, 3.8) is 0 Å². The van der Waals surface area contributed by atoms with Crippen molar-refractivity contribution in [3.05, 3.63) is 83.8 Å². The van der Waals surface area contributed by atoms with E-state index in [0.717, 1.165) is 10.2 Å². The zero-order chi connectivity index (χ0) is 25.7. The van der Waals surface area contributed by atoms with Gasteiger partial charge >= 0.3 is 0 Å². The number of nitrogens with one attached hydrogen (secondary N) is 3. The number of nitrogens with zero attached hydrogens (tertiary/aromatic N) is 3. The maximum atomic E-state index is 12.6. The lowest BCUT2D eigenvalue weighted by Crippen LogP contribution is -2.32. The van der Waals surface area contributed by atoms with E-state index in [2.05, 4.69) is 25.9 Å². The number of hydrogen-bond donors (Lipinski definition) is 3. The highest BCUT2D eigenvalue weighted by Gasteiger charge is 2.14. The van der Waals surface area contributed by atoms with E-state index in [0.29, 0.717) is 27.6 Å². The molecule has 0 aliphatic heterocycles. The molecule has 0 spiro atoms. The molecule has 0 radical (unpaired) electrons. The van der Waals surface area contributed by atoms with Crippen molar-refractivity contribution in [2.45, 2.75) is 0 Å². The standard InChI is InChI=1S/C23H20N6O5S2/c1-36(33,34)29-10-7-17(13-29)21(31)25-12-20(30)28-23-27-19(14-35-23)15-3-2-4-16(11-15)22(32)26-18-5-8-24-9-6-18/h2-11,13-14H,12H2,1H3,(H,25,31)(H,24,26,32)(H,27,28,30). The van der Waals surface area contributed by atoms with Gasteiger partial charge in [-0.25, -0.2) is 13.4 Å². The molecule has 3 heterocycles. The number of aromatic nitrogens is 3. The van der Waals surface area contributed by atoms with Crippen LogP contribution in [0.2, 0.25) is 0 Å².